The van der Waals surface area contributed by atoms with E-state index in [2.05, 4.69) is 21.2 Å². The number of halogens is 2. The Labute approximate surface area is 137 Å². The van der Waals surface area contributed by atoms with Gasteiger partial charge in [0.05, 0.1) is 10.6 Å². The number of amides is 1. The average Bonchev–Trinajstić information content (AvgIpc) is 2.48. The number of benzene rings is 2. The zero-order valence-electron chi connectivity index (χ0n) is 11.3. The average molecular weight is 369 g/mol. The Balaban J connectivity index is 2.14. The zero-order chi connectivity index (χ0) is 15.2. The Hall–Kier alpha value is -1.52. The van der Waals surface area contributed by atoms with Crippen LogP contribution in [-0.2, 0) is 6.42 Å². The molecule has 2 aromatic carbocycles. The molecule has 0 aliphatic carbocycles. The minimum absolute atomic E-state index is 0.00983. The van der Waals surface area contributed by atoms with Gasteiger partial charge in [-0.25, -0.2) is 0 Å². The van der Waals surface area contributed by atoms with Gasteiger partial charge in [-0.1, -0.05) is 39.7 Å². The first kappa shape index (κ1) is 15.9. The summed E-state index contributed by atoms with van der Waals surface area (Å²) in [7, 11) is 0. The van der Waals surface area contributed by atoms with Gasteiger partial charge in [-0.15, -0.1) is 0 Å². The fourth-order valence-electron chi connectivity index (χ4n) is 1.96. The van der Waals surface area contributed by atoms with Crippen molar-refractivity contribution in [1.29, 1.82) is 0 Å². The number of aromatic hydroxyl groups is 1. The van der Waals surface area contributed by atoms with Gasteiger partial charge in [0.2, 0.25) is 0 Å². The Morgan fingerprint density at radius 2 is 2.05 bits per heavy atom. The Morgan fingerprint density at radius 3 is 2.81 bits per heavy atom. The molecule has 0 unspecified atom stereocenters. The number of phenolic OH excluding ortho intramolecular Hbond substituents is 1. The molecule has 0 bridgehead atoms. The van der Waals surface area contributed by atoms with E-state index in [-0.39, 0.29) is 17.2 Å². The number of carbonyl (C=O) groups is 1. The van der Waals surface area contributed by atoms with Crippen molar-refractivity contribution in [2.45, 2.75) is 12.8 Å². The van der Waals surface area contributed by atoms with Gasteiger partial charge in [-0.3, -0.25) is 4.79 Å². The molecule has 2 aromatic rings. The number of hydrogen-bond acceptors (Lipinski definition) is 2. The van der Waals surface area contributed by atoms with Crippen LogP contribution in [0.1, 0.15) is 22.3 Å². The van der Waals surface area contributed by atoms with Gasteiger partial charge in [0.25, 0.3) is 5.91 Å². The van der Waals surface area contributed by atoms with Crippen LogP contribution in [0.4, 0.5) is 5.69 Å². The number of phenols is 1. The lowest BCUT2D eigenvalue weighted by Crippen LogP contribution is -2.12. The van der Waals surface area contributed by atoms with Crippen molar-refractivity contribution >= 4 is 39.1 Å². The standard InChI is InChI=1S/C16H15BrClNO2/c17-8-2-4-11-3-1-5-12(9-11)19-16(21)14-10-13(20)6-7-15(14)18/h1,3,5-7,9-10,20H,2,4,8H2,(H,19,21). The normalized spacial score (nSPS) is 10.4. The summed E-state index contributed by atoms with van der Waals surface area (Å²) in [5.74, 6) is -0.329. The summed E-state index contributed by atoms with van der Waals surface area (Å²) in [6, 6.07) is 12.0. The van der Waals surface area contributed by atoms with E-state index in [4.69, 9.17) is 11.6 Å². The third-order valence-corrected chi connectivity index (χ3v) is 3.87. The zero-order valence-corrected chi connectivity index (χ0v) is 13.6. The highest BCUT2D eigenvalue weighted by Crippen LogP contribution is 2.22. The van der Waals surface area contributed by atoms with Crippen molar-refractivity contribution < 1.29 is 9.90 Å². The van der Waals surface area contributed by atoms with Crippen molar-refractivity contribution in [3.63, 3.8) is 0 Å². The first-order chi connectivity index (χ1) is 10.1. The van der Waals surface area contributed by atoms with Crippen LogP contribution in [0.25, 0.3) is 0 Å². The molecule has 2 rings (SSSR count). The minimum atomic E-state index is -0.339. The van der Waals surface area contributed by atoms with E-state index in [1.54, 1.807) is 0 Å². The van der Waals surface area contributed by atoms with E-state index in [9.17, 15) is 9.90 Å². The predicted molar refractivity (Wildman–Crippen MR) is 89.6 cm³/mol. The first-order valence-corrected chi connectivity index (χ1v) is 8.05. The summed E-state index contributed by atoms with van der Waals surface area (Å²) in [4.78, 5) is 12.2. The third-order valence-electron chi connectivity index (χ3n) is 2.98. The largest absolute Gasteiger partial charge is 0.508 e. The van der Waals surface area contributed by atoms with Crippen molar-refractivity contribution in [2.75, 3.05) is 10.6 Å². The molecule has 0 aliphatic heterocycles. The molecular formula is C16H15BrClNO2. The van der Waals surface area contributed by atoms with Crippen LogP contribution in [0.3, 0.4) is 0 Å². The Bertz CT molecular complexity index is 646. The van der Waals surface area contributed by atoms with E-state index in [0.29, 0.717) is 10.7 Å². The van der Waals surface area contributed by atoms with E-state index < -0.39 is 0 Å². The molecule has 3 nitrogen and oxygen atoms in total. The predicted octanol–water partition coefficient (Wildman–Crippen LogP) is 4.63. The van der Waals surface area contributed by atoms with Gasteiger partial charge in [-0.2, -0.15) is 0 Å². The van der Waals surface area contributed by atoms with E-state index >= 15 is 0 Å². The molecule has 0 fully saturated rings. The van der Waals surface area contributed by atoms with Gasteiger partial charge >= 0.3 is 0 Å². The van der Waals surface area contributed by atoms with Gasteiger partial charge in [0.15, 0.2) is 0 Å². The topological polar surface area (TPSA) is 49.3 Å². The van der Waals surface area contributed by atoms with Crippen LogP contribution in [0.2, 0.25) is 5.02 Å². The highest BCUT2D eigenvalue weighted by atomic mass is 79.9. The second kappa shape index (κ2) is 7.48. The molecule has 0 aliphatic rings. The van der Waals surface area contributed by atoms with Crippen molar-refractivity contribution in [1.82, 2.24) is 0 Å². The maximum Gasteiger partial charge on any atom is 0.257 e. The number of nitrogens with one attached hydrogen (secondary N) is 1. The Morgan fingerprint density at radius 1 is 1.24 bits per heavy atom. The van der Waals surface area contributed by atoms with E-state index in [0.717, 1.165) is 23.7 Å². The summed E-state index contributed by atoms with van der Waals surface area (Å²) in [5, 5.41) is 13.5. The number of anilines is 1. The molecule has 5 heteroatoms. The molecule has 1 amide bonds. The molecular weight excluding hydrogens is 354 g/mol. The van der Waals surface area contributed by atoms with Gasteiger partial charge in [0.1, 0.15) is 5.75 Å². The highest BCUT2D eigenvalue weighted by Gasteiger charge is 2.11. The lowest BCUT2D eigenvalue weighted by atomic mass is 10.1. The maximum atomic E-state index is 12.2. The lowest BCUT2D eigenvalue weighted by Gasteiger charge is -2.09. The fraction of sp³-hybridized carbons (Fsp3) is 0.188. The summed E-state index contributed by atoms with van der Waals surface area (Å²) in [6.07, 6.45) is 1.98. The van der Waals surface area contributed by atoms with E-state index in [1.807, 2.05) is 24.3 Å². The van der Waals surface area contributed by atoms with Crippen LogP contribution >= 0.6 is 27.5 Å². The number of carbonyl (C=O) groups excluding carboxylic acids is 1. The number of aryl methyl sites for hydroxylation is 1. The molecule has 21 heavy (non-hydrogen) atoms. The number of alkyl halides is 1. The first-order valence-electron chi connectivity index (χ1n) is 6.55. The molecule has 0 radical (unpaired) electrons. The minimum Gasteiger partial charge on any atom is -0.508 e. The molecule has 0 aromatic heterocycles. The van der Waals surface area contributed by atoms with Crippen molar-refractivity contribution in [3.05, 3.63) is 58.6 Å². The molecule has 110 valence electrons. The number of hydrogen-bond donors (Lipinski definition) is 2. The van der Waals surface area contributed by atoms with Crippen molar-refractivity contribution in [2.24, 2.45) is 0 Å². The van der Waals surface area contributed by atoms with Crippen LogP contribution in [0.5, 0.6) is 5.75 Å². The molecule has 0 saturated heterocycles. The molecule has 0 spiro atoms. The lowest BCUT2D eigenvalue weighted by molar-refractivity contribution is 0.102. The second-order valence-corrected chi connectivity index (χ2v) is 5.81. The summed E-state index contributed by atoms with van der Waals surface area (Å²) in [6.45, 7) is 0. The molecule has 0 atom stereocenters. The summed E-state index contributed by atoms with van der Waals surface area (Å²) >= 11 is 9.38. The van der Waals surface area contributed by atoms with Crippen LogP contribution in [0.15, 0.2) is 42.5 Å². The summed E-state index contributed by atoms with van der Waals surface area (Å²) in [5.41, 5.74) is 2.13. The maximum absolute atomic E-state index is 12.2. The van der Waals surface area contributed by atoms with Gasteiger partial charge in [-0.05, 0) is 48.7 Å². The van der Waals surface area contributed by atoms with Gasteiger partial charge in [0, 0.05) is 11.0 Å². The highest BCUT2D eigenvalue weighted by molar-refractivity contribution is 9.09. The summed E-state index contributed by atoms with van der Waals surface area (Å²) < 4.78 is 0. The SMILES string of the molecule is O=C(Nc1cccc(CCCBr)c1)c1cc(O)ccc1Cl. The van der Waals surface area contributed by atoms with Crippen LogP contribution in [-0.4, -0.2) is 16.3 Å². The molecule has 0 saturated carbocycles. The smallest absolute Gasteiger partial charge is 0.257 e. The quantitative estimate of drug-likeness (QED) is 0.756. The number of rotatable bonds is 5. The van der Waals surface area contributed by atoms with E-state index in [1.165, 1.54) is 18.2 Å². The monoisotopic (exact) mass is 367 g/mol. The molecule has 0 heterocycles. The van der Waals surface area contributed by atoms with Gasteiger partial charge < -0.3 is 10.4 Å². The second-order valence-electron chi connectivity index (χ2n) is 4.61. The fourth-order valence-corrected chi connectivity index (χ4v) is 2.44. The van der Waals surface area contributed by atoms with Crippen LogP contribution < -0.4 is 5.32 Å². The van der Waals surface area contributed by atoms with Crippen molar-refractivity contribution in [3.8, 4) is 5.75 Å². The Kier molecular flexibility index (Phi) is 5.65. The third kappa shape index (κ3) is 4.48. The van der Waals surface area contributed by atoms with Crippen LogP contribution in [0, 0.1) is 0 Å². The molecule has 2 N–H and O–H groups in total.